The van der Waals surface area contributed by atoms with Crippen LogP contribution in [0.1, 0.15) is 12.8 Å². The highest BCUT2D eigenvalue weighted by Crippen LogP contribution is 2.23. The van der Waals surface area contributed by atoms with E-state index >= 15 is 0 Å². The van der Waals surface area contributed by atoms with Gasteiger partial charge in [-0.15, -0.1) is 0 Å². The Morgan fingerprint density at radius 2 is 0.808 bits per heavy atom. The van der Waals surface area contributed by atoms with Crippen LogP contribution in [0.5, 0.6) is 0 Å². The molecule has 2 N–H and O–H groups in total. The van der Waals surface area contributed by atoms with Gasteiger partial charge in [0.1, 0.15) is 0 Å². The maximum Gasteiger partial charge on any atom is 0.169 e. The van der Waals surface area contributed by atoms with Crippen molar-refractivity contribution in [3.63, 3.8) is 0 Å². The standard InChI is InChI=1S/C22H26N2O2/c25-17-1-11-23-13-7-21(8-14-23)19-3-5-20(6-4-19)22-9-15-24(16-10-22)12-2-18-26/h3-10,13-16,25-26H,1-2,11-12,17-18H2/q+2. The number of aliphatic hydroxyl groups is 2. The second-order valence-electron chi connectivity index (χ2n) is 6.38. The molecule has 0 bridgehead atoms. The highest BCUT2D eigenvalue weighted by molar-refractivity contribution is 5.69. The Bertz CT molecular complexity index is 727. The number of benzene rings is 1. The molecular weight excluding hydrogens is 324 g/mol. The van der Waals surface area contributed by atoms with Crippen LogP contribution in [0.4, 0.5) is 0 Å². The van der Waals surface area contributed by atoms with Gasteiger partial charge in [-0.1, -0.05) is 24.3 Å². The van der Waals surface area contributed by atoms with Crippen LogP contribution in [0.15, 0.2) is 73.3 Å². The lowest BCUT2D eigenvalue weighted by molar-refractivity contribution is -0.697. The molecule has 0 saturated carbocycles. The first-order valence-electron chi connectivity index (χ1n) is 9.11. The van der Waals surface area contributed by atoms with E-state index in [4.69, 9.17) is 10.2 Å². The van der Waals surface area contributed by atoms with Crippen molar-refractivity contribution in [2.45, 2.75) is 25.9 Å². The van der Waals surface area contributed by atoms with Crippen molar-refractivity contribution in [1.82, 2.24) is 0 Å². The molecule has 3 aromatic rings. The predicted molar refractivity (Wildman–Crippen MR) is 101 cm³/mol. The van der Waals surface area contributed by atoms with Gasteiger partial charge in [0.25, 0.3) is 0 Å². The monoisotopic (exact) mass is 350 g/mol. The van der Waals surface area contributed by atoms with Gasteiger partial charge in [-0.05, 0) is 22.3 Å². The third-order valence-corrected chi connectivity index (χ3v) is 4.48. The van der Waals surface area contributed by atoms with Crippen LogP contribution in [-0.2, 0) is 13.1 Å². The molecule has 2 heterocycles. The van der Waals surface area contributed by atoms with E-state index < -0.39 is 0 Å². The summed E-state index contributed by atoms with van der Waals surface area (Å²) in [5.41, 5.74) is 4.76. The number of nitrogens with zero attached hydrogens (tertiary/aromatic N) is 2. The molecule has 0 fully saturated rings. The molecule has 0 saturated heterocycles. The molecule has 2 aromatic heterocycles. The van der Waals surface area contributed by atoms with Gasteiger partial charge in [-0.25, -0.2) is 9.13 Å². The van der Waals surface area contributed by atoms with Crippen LogP contribution in [0, 0.1) is 0 Å². The molecule has 4 nitrogen and oxygen atoms in total. The molecule has 0 spiro atoms. The molecule has 26 heavy (non-hydrogen) atoms. The third kappa shape index (κ3) is 4.75. The van der Waals surface area contributed by atoms with Crippen molar-refractivity contribution in [3.8, 4) is 22.3 Å². The Kier molecular flexibility index (Phi) is 6.47. The van der Waals surface area contributed by atoms with Gasteiger partial charge in [-0.2, -0.15) is 0 Å². The molecule has 134 valence electrons. The number of hydrogen-bond acceptors (Lipinski definition) is 2. The highest BCUT2D eigenvalue weighted by atomic mass is 16.3. The van der Waals surface area contributed by atoms with Crippen molar-refractivity contribution in [3.05, 3.63) is 73.3 Å². The zero-order valence-corrected chi connectivity index (χ0v) is 15.0. The molecular formula is C22H26N2O2+2. The Labute approximate surface area is 154 Å². The fourth-order valence-electron chi connectivity index (χ4n) is 2.96. The summed E-state index contributed by atoms with van der Waals surface area (Å²) in [5.74, 6) is 0. The minimum Gasteiger partial charge on any atom is -0.396 e. The summed E-state index contributed by atoms with van der Waals surface area (Å²) in [5, 5.41) is 17.8. The summed E-state index contributed by atoms with van der Waals surface area (Å²) >= 11 is 0. The van der Waals surface area contributed by atoms with Gasteiger partial charge in [0.2, 0.25) is 0 Å². The lowest BCUT2D eigenvalue weighted by Gasteiger charge is -2.05. The zero-order valence-electron chi connectivity index (χ0n) is 15.0. The number of aromatic nitrogens is 2. The molecule has 0 amide bonds. The van der Waals surface area contributed by atoms with Crippen molar-refractivity contribution >= 4 is 0 Å². The van der Waals surface area contributed by atoms with Gasteiger partial charge in [-0.3, -0.25) is 0 Å². The largest absolute Gasteiger partial charge is 0.396 e. The second kappa shape index (κ2) is 9.22. The molecule has 4 heteroatoms. The molecule has 0 atom stereocenters. The SMILES string of the molecule is OCCC[n+]1ccc(-c2ccc(-c3cc[n+](CCCO)cc3)cc2)cc1. The molecule has 1 aromatic carbocycles. The zero-order chi connectivity index (χ0) is 18.2. The van der Waals surface area contributed by atoms with E-state index in [-0.39, 0.29) is 13.2 Å². The fourth-order valence-corrected chi connectivity index (χ4v) is 2.96. The fraction of sp³-hybridized carbons (Fsp3) is 0.273. The highest BCUT2D eigenvalue weighted by Gasteiger charge is 2.05. The Morgan fingerprint density at radius 3 is 1.12 bits per heavy atom. The smallest absolute Gasteiger partial charge is 0.169 e. The third-order valence-electron chi connectivity index (χ3n) is 4.48. The van der Waals surface area contributed by atoms with E-state index in [1.807, 2.05) is 0 Å². The maximum absolute atomic E-state index is 8.91. The first-order chi connectivity index (χ1) is 12.8. The topological polar surface area (TPSA) is 48.2 Å². The number of aryl methyl sites for hydroxylation is 2. The van der Waals surface area contributed by atoms with E-state index in [1.54, 1.807) is 0 Å². The lowest BCUT2D eigenvalue weighted by atomic mass is 10.0. The summed E-state index contributed by atoms with van der Waals surface area (Å²) in [6, 6.07) is 17.0. The number of pyridine rings is 2. The molecule has 3 rings (SSSR count). The van der Waals surface area contributed by atoms with Crippen LogP contribution >= 0.6 is 0 Å². The number of hydrogen-bond donors (Lipinski definition) is 2. The summed E-state index contributed by atoms with van der Waals surface area (Å²) < 4.78 is 4.17. The van der Waals surface area contributed by atoms with Crippen molar-refractivity contribution in [2.75, 3.05) is 13.2 Å². The Balaban J connectivity index is 1.69. The second-order valence-corrected chi connectivity index (χ2v) is 6.38. The van der Waals surface area contributed by atoms with Crippen molar-refractivity contribution in [2.24, 2.45) is 0 Å². The number of rotatable bonds is 8. The van der Waals surface area contributed by atoms with Gasteiger partial charge in [0.05, 0.1) is 0 Å². The minimum absolute atomic E-state index is 0.219. The van der Waals surface area contributed by atoms with Crippen molar-refractivity contribution in [1.29, 1.82) is 0 Å². The molecule has 0 aliphatic carbocycles. The van der Waals surface area contributed by atoms with Gasteiger partial charge in [0, 0.05) is 50.3 Å². The first kappa shape index (κ1) is 18.2. The Hall–Kier alpha value is -2.56. The van der Waals surface area contributed by atoms with Crippen molar-refractivity contribution < 1.29 is 19.3 Å². The molecule has 0 aliphatic heterocycles. The average molecular weight is 350 g/mol. The van der Waals surface area contributed by atoms with Gasteiger partial charge in [0.15, 0.2) is 37.9 Å². The van der Waals surface area contributed by atoms with Crippen LogP contribution in [0.3, 0.4) is 0 Å². The first-order valence-corrected chi connectivity index (χ1v) is 9.11. The lowest BCUT2D eigenvalue weighted by Crippen LogP contribution is -2.32. The van der Waals surface area contributed by atoms with E-state index in [1.165, 1.54) is 22.3 Å². The van der Waals surface area contributed by atoms with E-state index in [9.17, 15) is 0 Å². The van der Waals surface area contributed by atoms with E-state index in [2.05, 4.69) is 82.5 Å². The van der Waals surface area contributed by atoms with E-state index in [0.717, 1.165) is 25.9 Å². The van der Waals surface area contributed by atoms with Gasteiger partial charge >= 0.3 is 0 Å². The summed E-state index contributed by atoms with van der Waals surface area (Å²) in [7, 11) is 0. The quantitative estimate of drug-likeness (QED) is 0.613. The van der Waals surface area contributed by atoms with Crippen LogP contribution in [-0.4, -0.2) is 23.4 Å². The molecule has 0 unspecified atom stereocenters. The normalized spacial score (nSPS) is 10.8. The maximum atomic E-state index is 8.91. The minimum atomic E-state index is 0.219. The summed E-state index contributed by atoms with van der Waals surface area (Å²) in [4.78, 5) is 0. The van der Waals surface area contributed by atoms with Crippen LogP contribution in [0.2, 0.25) is 0 Å². The molecule has 0 aliphatic rings. The average Bonchev–Trinajstić information content (AvgIpc) is 2.72. The van der Waals surface area contributed by atoms with E-state index in [0.29, 0.717) is 0 Å². The van der Waals surface area contributed by atoms with Crippen LogP contribution < -0.4 is 9.13 Å². The van der Waals surface area contributed by atoms with Crippen LogP contribution in [0.25, 0.3) is 22.3 Å². The summed E-state index contributed by atoms with van der Waals surface area (Å²) in [6.07, 6.45) is 9.77. The predicted octanol–water partition coefficient (Wildman–Crippen LogP) is 2.36. The van der Waals surface area contributed by atoms with Gasteiger partial charge < -0.3 is 10.2 Å². The Morgan fingerprint density at radius 1 is 0.500 bits per heavy atom. The molecule has 0 radical (unpaired) electrons. The number of aliphatic hydroxyl groups excluding tert-OH is 2. The summed E-state index contributed by atoms with van der Waals surface area (Å²) in [6.45, 7) is 2.11.